The van der Waals surface area contributed by atoms with Crippen molar-refractivity contribution in [3.63, 3.8) is 0 Å². The van der Waals surface area contributed by atoms with Gasteiger partial charge in [-0.05, 0) is 54.7 Å². The summed E-state index contributed by atoms with van der Waals surface area (Å²) in [6.45, 7) is 4.21. The highest BCUT2D eigenvalue weighted by molar-refractivity contribution is 5.36. The number of phenols is 1. The van der Waals surface area contributed by atoms with E-state index in [1.54, 1.807) is 6.07 Å². The van der Waals surface area contributed by atoms with Gasteiger partial charge in [0.2, 0.25) is 0 Å². The average molecular weight is 200 g/mol. The molecule has 0 heterocycles. The van der Waals surface area contributed by atoms with E-state index in [0.29, 0.717) is 17.6 Å². The molecule has 2 aliphatic carbocycles. The van der Waals surface area contributed by atoms with Gasteiger partial charge in [0.1, 0.15) is 5.75 Å². The molecule has 78 valence electrons. The molecule has 0 radical (unpaired) electrons. The van der Waals surface area contributed by atoms with E-state index in [-0.39, 0.29) is 0 Å². The first-order chi connectivity index (χ1) is 7.25. The Morgan fingerprint density at radius 2 is 2.13 bits per heavy atom. The number of benzene rings is 1. The zero-order valence-electron chi connectivity index (χ0n) is 8.82. The standard InChI is InChI=1S/C14H16O/c1-9(10-5-6-10)13-8-14(13)11-3-2-4-12(15)7-11/h2-4,7,10,13-15H,1,5-6,8H2. The van der Waals surface area contributed by atoms with Crippen LogP contribution in [0.4, 0.5) is 0 Å². The van der Waals surface area contributed by atoms with Crippen LogP contribution in [0, 0.1) is 11.8 Å². The highest BCUT2D eigenvalue weighted by Crippen LogP contribution is 2.56. The minimum atomic E-state index is 0.384. The number of rotatable bonds is 3. The lowest BCUT2D eigenvalue weighted by molar-refractivity contribution is 0.474. The fraction of sp³-hybridized carbons (Fsp3) is 0.429. The zero-order chi connectivity index (χ0) is 10.4. The Bertz CT molecular complexity index is 404. The molecule has 2 fully saturated rings. The van der Waals surface area contributed by atoms with Gasteiger partial charge in [-0.3, -0.25) is 0 Å². The molecular weight excluding hydrogens is 184 g/mol. The first-order valence-corrected chi connectivity index (χ1v) is 5.73. The normalized spacial score (nSPS) is 28.8. The Balaban J connectivity index is 1.73. The second kappa shape index (κ2) is 3.13. The third-order valence-corrected chi connectivity index (χ3v) is 3.67. The van der Waals surface area contributed by atoms with Crippen LogP contribution in [-0.4, -0.2) is 5.11 Å². The van der Waals surface area contributed by atoms with E-state index in [1.165, 1.54) is 30.4 Å². The van der Waals surface area contributed by atoms with Crippen molar-refractivity contribution in [2.45, 2.75) is 25.2 Å². The lowest BCUT2D eigenvalue weighted by atomic mass is 10.0. The van der Waals surface area contributed by atoms with E-state index in [2.05, 4.69) is 12.6 Å². The zero-order valence-corrected chi connectivity index (χ0v) is 8.82. The van der Waals surface area contributed by atoms with Gasteiger partial charge in [-0.25, -0.2) is 0 Å². The van der Waals surface area contributed by atoms with Crippen molar-refractivity contribution in [2.75, 3.05) is 0 Å². The van der Waals surface area contributed by atoms with Crippen LogP contribution in [0.15, 0.2) is 36.4 Å². The van der Waals surface area contributed by atoms with Gasteiger partial charge in [0.05, 0.1) is 0 Å². The van der Waals surface area contributed by atoms with Crippen molar-refractivity contribution >= 4 is 0 Å². The second-order valence-electron chi connectivity index (χ2n) is 4.89. The van der Waals surface area contributed by atoms with E-state index in [9.17, 15) is 5.11 Å². The Labute approximate surface area is 90.4 Å². The van der Waals surface area contributed by atoms with Gasteiger partial charge in [-0.1, -0.05) is 24.3 Å². The summed E-state index contributed by atoms with van der Waals surface area (Å²) in [5.74, 6) is 2.52. The molecule has 0 aliphatic heterocycles. The molecule has 2 unspecified atom stereocenters. The van der Waals surface area contributed by atoms with Gasteiger partial charge in [0, 0.05) is 0 Å². The molecule has 0 bridgehead atoms. The molecule has 0 spiro atoms. The molecule has 0 saturated heterocycles. The van der Waals surface area contributed by atoms with Gasteiger partial charge >= 0.3 is 0 Å². The molecule has 1 heteroatoms. The van der Waals surface area contributed by atoms with Crippen molar-refractivity contribution in [2.24, 2.45) is 11.8 Å². The number of hydrogen-bond acceptors (Lipinski definition) is 1. The highest BCUT2D eigenvalue weighted by atomic mass is 16.3. The van der Waals surface area contributed by atoms with Crippen LogP contribution in [0.1, 0.15) is 30.7 Å². The maximum absolute atomic E-state index is 9.41. The monoisotopic (exact) mass is 200 g/mol. The SMILES string of the molecule is C=C(C1CC1)C1CC1c1cccc(O)c1. The molecule has 3 rings (SSSR count). The minimum absolute atomic E-state index is 0.384. The Hall–Kier alpha value is -1.24. The molecule has 2 atom stereocenters. The minimum Gasteiger partial charge on any atom is -0.508 e. The van der Waals surface area contributed by atoms with Gasteiger partial charge < -0.3 is 5.11 Å². The quantitative estimate of drug-likeness (QED) is 0.741. The molecule has 2 saturated carbocycles. The van der Waals surface area contributed by atoms with E-state index in [4.69, 9.17) is 0 Å². The van der Waals surface area contributed by atoms with E-state index in [0.717, 1.165) is 5.92 Å². The number of hydrogen-bond donors (Lipinski definition) is 1. The van der Waals surface area contributed by atoms with Crippen molar-refractivity contribution < 1.29 is 5.11 Å². The summed E-state index contributed by atoms with van der Waals surface area (Å²) in [4.78, 5) is 0. The maximum Gasteiger partial charge on any atom is 0.115 e. The van der Waals surface area contributed by atoms with Crippen LogP contribution >= 0.6 is 0 Å². The predicted molar refractivity (Wildman–Crippen MR) is 60.8 cm³/mol. The van der Waals surface area contributed by atoms with Crippen LogP contribution in [0.2, 0.25) is 0 Å². The molecule has 2 aliphatic rings. The molecule has 1 aromatic carbocycles. The fourth-order valence-corrected chi connectivity index (χ4v) is 2.49. The van der Waals surface area contributed by atoms with Crippen LogP contribution < -0.4 is 0 Å². The van der Waals surface area contributed by atoms with Crippen LogP contribution in [0.5, 0.6) is 5.75 Å². The van der Waals surface area contributed by atoms with Gasteiger partial charge in [-0.15, -0.1) is 0 Å². The van der Waals surface area contributed by atoms with E-state index >= 15 is 0 Å². The van der Waals surface area contributed by atoms with Gasteiger partial charge in [0.15, 0.2) is 0 Å². The predicted octanol–water partition coefficient (Wildman–Crippen LogP) is 3.46. The molecule has 15 heavy (non-hydrogen) atoms. The summed E-state index contributed by atoms with van der Waals surface area (Å²) in [5.41, 5.74) is 2.74. The third-order valence-electron chi connectivity index (χ3n) is 3.67. The van der Waals surface area contributed by atoms with Crippen molar-refractivity contribution in [1.82, 2.24) is 0 Å². The summed E-state index contributed by atoms with van der Waals surface area (Å²) >= 11 is 0. The molecular formula is C14H16O. The summed E-state index contributed by atoms with van der Waals surface area (Å²) in [6, 6.07) is 7.67. The molecule has 0 amide bonds. The number of aromatic hydroxyl groups is 1. The Morgan fingerprint density at radius 3 is 2.80 bits per heavy atom. The van der Waals surface area contributed by atoms with Crippen molar-refractivity contribution in [1.29, 1.82) is 0 Å². The molecule has 0 aromatic heterocycles. The topological polar surface area (TPSA) is 20.2 Å². The summed E-state index contributed by atoms with van der Waals surface area (Å²) in [7, 11) is 0. The molecule has 1 N–H and O–H groups in total. The lowest BCUT2D eigenvalue weighted by Gasteiger charge is -2.03. The summed E-state index contributed by atoms with van der Waals surface area (Å²) in [6.07, 6.45) is 3.93. The second-order valence-corrected chi connectivity index (χ2v) is 4.89. The number of allylic oxidation sites excluding steroid dienone is 1. The van der Waals surface area contributed by atoms with Gasteiger partial charge in [0.25, 0.3) is 0 Å². The summed E-state index contributed by atoms with van der Waals surface area (Å²) < 4.78 is 0. The van der Waals surface area contributed by atoms with Crippen molar-refractivity contribution in [3.8, 4) is 5.75 Å². The summed E-state index contributed by atoms with van der Waals surface area (Å²) in [5, 5.41) is 9.41. The van der Waals surface area contributed by atoms with E-state index in [1.807, 2.05) is 12.1 Å². The first-order valence-electron chi connectivity index (χ1n) is 5.73. The van der Waals surface area contributed by atoms with E-state index < -0.39 is 0 Å². The highest BCUT2D eigenvalue weighted by Gasteiger charge is 2.44. The van der Waals surface area contributed by atoms with Crippen LogP contribution in [0.25, 0.3) is 0 Å². The molecule has 1 aromatic rings. The smallest absolute Gasteiger partial charge is 0.115 e. The Morgan fingerprint density at radius 1 is 1.33 bits per heavy atom. The Kier molecular flexibility index (Phi) is 1.88. The van der Waals surface area contributed by atoms with Gasteiger partial charge in [-0.2, -0.15) is 0 Å². The fourth-order valence-electron chi connectivity index (χ4n) is 2.49. The lowest BCUT2D eigenvalue weighted by Crippen LogP contribution is -1.89. The maximum atomic E-state index is 9.41. The van der Waals surface area contributed by atoms with Crippen LogP contribution in [-0.2, 0) is 0 Å². The largest absolute Gasteiger partial charge is 0.508 e. The van der Waals surface area contributed by atoms with Crippen LogP contribution in [0.3, 0.4) is 0 Å². The average Bonchev–Trinajstić information content (AvgIpc) is 3.10. The third kappa shape index (κ3) is 1.67. The number of phenolic OH excluding ortho intramolecular Hbond substituents is 1. The molecule has 1 nitrogen and oxygen atoms in total. The first kappa shape index (κ1) is 9.02. The van der Waals surface area contributed by atoms with Crippen molar-refractivity contribution in [3.05, 3.63) is 42.0 Å².